The molecule has 1 amide bonds. The Bertz CT molecular complexity index is 938. The molecule has 2 aromatic carbocycles. The van der Waals surface area contributed by atoms with E-state index >= 15 is 0 Å². The molecule has 152 valence electrons. The molecule has 8 heteroatoms. The largest absolute Gasteiger partial charge is 0.445 e. The molecule has 2 heterocycles. The third-order valence-electron chi connectivity index (χ3n) is 5.05. The molecule has 0 aliphatic carbocycles. The van der Waals surface area contributed by atoms with Crippen LogP contribution >= 0.6 is 0 Å². The van der Waals surface area contributed by atoms with E-state index in [0.29, 0.717) is 0 Å². The number of hydrogen-bond acceptors (Lipinski definition) is 3. The van der Waals surface area contributed by atoms with Crippen LogP contribution in [0.1, 0.15) is 17.5 Å². The van der Waals surface area contributed by atoms with Crippen LogP contribution in [0.4, 0.5) is 22.4 Å². The molecule has 29 heavy (non-hydrogen) atoms. The quantitative estimate of drug-likeness (QED) is 0.558. The molecule has 4 rings (SSSR count). The number of benzene rings is 2. The average molecular weight is 407 g/mol. The normalized spacial score (nSPS) is 21.0. The predicted molar refractivity (Wildman–Crippen MR) is 95.7 cm³/mol. The summed E-state index contributed by atoms with van der Waals surface area (Å²) in [5, 5.41) is 0. The molecule has 0 aromatic heterocycles. The van der Waals surface area contributed by atoms with Crippen molar-refractivity contribution in [2.75, 3.05) is 13.2 Å². The maximum atomic E-state index is 14.2. The van der Waals surface area contributed by atoms with Crippen LogP contribution in [0.15, 0.2) is 42.5 Å². The van der Waals surface area contributed by atoms with Gasteiger partial charge in [-0.3, -0.25) is 4.90 Å². The Morgan fingerprint density at radius 1 is 1.07 bits per heavy atom. The molecule has 2 aromatic rings. The molecule has 0 saturated carbocycles. The van der Waals surface area contributed by atoms with Crippen LogP contribution in [-0.2, 0) is 16.1 Å². The van der Waals surface area contributed by atoms with Crippen molar-refractivity contribution in [1.29, 1.82) is 0 Å². The summed E-state index contributed by atoms with van der Waals surface area (Å²) in [4.78, 5) is 14.1. The summed E-state index contributed by atoms with van der Waals surface area (Å²) in [7, 11) is 0. The van der Waals surface area contributed by atoms with E-state index in [2.05, 4.69) is 0 Å². The van der Waals surface area contributed by atoms with Crippen LogP contribution in [0.5, 0.6) is 0 Å². The molecule has 1 saturated heterocycles. The minimum Gasteiger partial charge on any atom is -0.445 e. The van der Waals surface area contributed by atoms with Gasteiger partial charge in [0.2, 0.25) is 0 Å². The van der Waals surface area contributed by atoms with Crippen LogP contribution in [0, 0.1) is 23.3 Å². The predicted octanol–water partition coefficient (Wildman–Crippen LogP) is 4.44. The maximum Gasteiger partial charge on any atom is 0.411 e. The molecule has 4 nitrogen and oxygen atoms in total. The fourth-order valence-corrected chi connectivity index (χ4v) is 3.71. The summed E-state index contributed by atoms with van der Waals surface area (Å²) in [6.45, 7) is 0.280. The van der Waals surface area contributed by atoms with Crippen LogP contribution in [0.3, 0.4) is 0 Å². The second kappa shape index (κ2) is 7.87. The second-order valence-electron chi connectivity index (χ2n) is 6.95. The zero-order valence-electron chi connectivity index (χ0n) is 15.2. The number of nitrogens with zero attached hydrogens (tertiary/aromatic N) is 1. The Balaban J connectivity index is 1.59. The summed E-state index contributed by atoms with van der Waals surface area (Å²) >= 11 is 0. The van der Waals surface area contributed by atoms with Gasteiger partial charge in [-0.25, -0.2) is 22.4 Å². The fourth-order valence-electron chi connectivity index (χ4n) is 3.71. The summed E-state index contributed by atoms with van der Waals surface area (Å²) in [6, 6.07) is 8.07. The van der Waals surface area contributed by atoms with Gasteiger partial charge < -0.3 is 9.47 Å². The molecule has 2 aliphatic rings. The highest BCUT2D eigenvalue weighted by molar-refractivity contribution is 5.75. The van der Waals surface area contributed by atoms with E-state index in [1.807, 2.05) is 30.3 Å². The Morgan fingerprint density at radius 3 is 2.41 bits per heavy atom. The van der Waals surface area contributed by atoms with Gasteiger partial charge in [-0.05, 0) is 17.6 Å². The fraction of sp³-hybridized carbons (Fsp3) is 0.286. The van der Waals surface area contributed by atoms with Gasteiger partial charge in [0.25, 0.3) is 0 Å². The van der Waals surface area contributed by atoms with Gasteiger partial charge in [0, 0.05) is 6.07 Å². The summed E-state index contributed by atoms with van der Waals surface area (Å²) in [5.41, 5.74) is 0.176. The zero-order valence-corrected chi connectivity index (χ0v) is 15.2. The molecular weight excluding hydrogens is 390 g/mol. The summed E-state index contributed by atoms with van der Waals surface area (Å²) in [6.07, 6.45) is 0.793. The van der Waals surface area contributed by atoms with Crippen molar-refractivity contribution in [2.24, 2.45) is 0 Å². The van der Waals surface area contributed by atoms with E-state index in [0.717, 1.165) is 5.56 Å². The zero-order chi connectivity index (χ0) is 20.5. The Morgan fingerprint density at radius 2 is 1.76 bits per heavy atom. The van der Waals surface area contributed by atoms with Crippen LogP contribution in [0.2, 0.25) is 0 Å². The van der Waals surface area contributed by atoms with E-state index in [4.69, 9.17) is 9.47 Å². The number of ether oxygens (including phenoxy) is 2. The lowest BCUT2D eigenvalue weighted by molar-refractivity contribution is -0.0342. The molecule has 1 fully saturated rings. The highest BCUT2D eigenvalue weighted by Crippen LogP contribution is 2.36. The smallest absolute Gasteiger partial charge is 0.411 e. The molecule has 0 N–H and O–H groups in total. The van der Waals surface area contributed by atoms with Gasteiger partial charge in [-0.2, -0.15) is 0 Å². The van der Waals surface area contributed by atoms with E-state index in [1.165, 1.54) is 11.0 Å². The summed E-state index contributed by atoms with van der Waals surface area (Å²) in [5.74, 6) is -5.83. The molecule has 2 atom stereocenters. The molecule has 2 bridgehead atoms. The number of rotatable bonds is 3. The third-order valence-corrected chi connectivity index (χ3v) is 5.05. The van der Waals surface area contributed by atoms with E-state index in [-0.39, 0.29) is 37.9 Å². The van der Waals surface area contributed by atoms with Crippen molar-refractivity contribution in [3.05, 3.63) is 76.9 Å². The van der Waals surface area contributed by atoms with Crippen molar-refractivity contribution >= 4 is 11.7 Å². The molecular formula is C21H17F4NO3. The van der Waals surface area contributed by atoms with Crippen molar-refractivity contribution in [3.8, 4) is 0 Å². The van der Waals surface area contributed by atoms with Crippen molar-refractivity contribution in [2.45, 2.75) is 25.1 Å². The minimum absolute atomic E-state index is 0.0202. The van der Waals surface area contributed by atoms with E-state index < -0.39 is 47.0 Å². The number of amides is 1. The molecule has 0 spiro atoms. The van der Waals surface area contributed by atoms with Crippen molar-refractivity contribution in [1.82, 2.24) is 4.90 Å². The average Bonchev–Trinajstić information content (AvgIpc) is 2.71. The topological polar surface area (TPSA) is 38.8 Å². The number of carbonyl (C=O) groups excluding carboxylic acids is 1. The van der Waals surface area contributed by atoms with Gasteiger partial charge in [0.05, 0.1) is 30.9 Å². The highest BCUT2D eigenvalue weighted by atomic mass is 19.2. The standard InChI is InChI=1S/C21H17F4NO3/c22-16-8-17(23)20(25)18(19(16)24)13-6-14-10-28-11-15(7-13)26(14)21(27)29-9-12-4-2-1-3-5-12/h1-6,8,14-15H,7,9-11H2. The van der Waals surface area contributed by atoms with Gasteiger partial charge in [-0.15, -0.1) is 0 Å². The van der Waals surface area contributed by atoms with Crippen LogP contribution < -0.4 is 0 Å². The van der Waals surface area contributed by atoms with Crippen LogP contribution in [-0.4, -0.2) is 36.3 Å². The van der Waals surface area contributed by atoms with Gasteiger partial charge in [0.15, 0.2) is 23.3 Å². The third kappa shape index (κ3) is 3.72. The maximum absolute atomic E-state index is 14.2. The number of fused-ring (bicyclic) bond motifs is 2. The first-order chi connectivity index (χ1) is 14.0. The SMILES string of the molecule is O=C(OCc1ccccc1)N1C2C=C(c3c(F)c(F)cc(F)c3F)CC1COC2. The van der Waals surface area contributed by atoms with Crippen molar-refractivity contribution < 1.29 is 31.8 Å². The summed E-state index contributed by atoms with van der Waals surface area (Å²) < 4.78 is 66.5. The lowest BCUT2D eigenvalue weighted by Gasteiger charge is -2.43. The minimum atomic E-state index is -1.47. The van der Waals surface area contributed by atoms with Gasteiger partial charge in [-0.1, -0.05) is 36.4 Å². The van der Waals surface area contributed by atoms with E-state index in [9.17, 15) is 22.4 Å². The Kier molecular flexibility index (Phi) is 5.27. The first-order valence-electron chi connectivity index (χ1n) is 9.06. The second-order valence-corrected chi connectivity index (χ2v) is 6.95. The number of morpholine rings is 1. The van der Waals surface area contributed by atoms with Gasteiger partial charge >= 0.3 is 6.09 Å². The van der Waals surface area contributed by atoms with Crippen LogP contribution in [0.25, 0.3) is 5.57 Å². The van der Waals surface area contributed by atoms with E-state index in [1.54, 1.807) is 0 Å². The number of halogens is 4. The Hall–Kier alpha value is -2.87. The number of hydrogen-bond donors (Lipinski definition) is 0. The molecule has 2 unspecified atom stereocenters. The lowest BCUT2D eigenvalue weighted by Crippen LogP contribution is -2.56. The lowest BCUT2D eigenvalue weighted by atomic mass is 9.89. The first-order valence-corrected chi connectivity index (χ1v) is 9.06. The Labute approximate surface area is 164 Å². The molecule has 0 radical (unpaired) electrons. The number of carbonyl (C=O) groups is 1. The van der Waals surface area contributed by atoms with Gasteiger partial charge in [0.1, 0.15) is 6.61 Å². The first kappa shape index (κ1) is 19.4. The highest BCUT2D eigenvalue weighted by Gasteiger charge is 2.40. The van der Waals surface area contributed by atoms with Crippen molar-refractivity contribution in [3.63, 3.8) is 0 Å². The molecule has 2 aliphatic heterocycles. The monoisotopic (exact) mass is 407 g/mol.